The predicted molar refractivity (Wildman–Crippen MR) is 129 cm³/mol. The van der Waals surface area contributed by atoms with Crippen molar-refractivity contribution in [2.24, 2.45) is 5.92 Å². The number of benzene rings is 2. The van der Waals surface area contributed by atoms with E-state index in [2.05, 4.69) is 5.32 Å². The van der Waals surface area contributed by atoms with E-state index in [9.17, 15) is 22.8 Å². The summed E-state index contributed by atoms with van der Waals surface area (Å²) in [6.07, 6.45) is 1.29. The van der Waals surface area contributed by atoms with Gasteiger partial charge >= 0.3 is 0 Å². The molecule has 3 heterocycles. The highest BCUT2D eigenvalue weighted by molar-refractivity contribution is 7.17. The number of piperidine rings is 1. The molecule has 10 heteroatoms. The smallest absolute Gasteiger partial charge is 0.273 e. The van der Waals surface area contributed by atoms with Crippen LogP contribution in [0.15, 0.2) is 58.7 Å². The summed E-state index contributed by atoms with van der Waals surface area (Å²) in [5.74, 6) is -2.70. The molecule has 1 fully saturated rings. The molecule has 1 amide bonds. The lowest BCUT2D eigenvalue weighted by Crippen LogP contribution is -2.43. The first-order chi connectivity index (χ1) is 16.9. The first kappa shape index (κ1) is 23.1. The van der Waals surface area contributed by atoms with E-state index in [0.717, 1.165) is 17.7 Å². The number of anilines is 2. The number of amides is 1. The summed E-state index contributed by atoms with van der Waals surface area (Å²) >= 11 is 1.31. The van der Waals surface area contributed by atoms with E-state index in [1.165, 1.54) is 29.5 Å². The molecule has 0 saturated carbocycles. The summed E-state index contributed by atoms with van der Waals surface area (Å²) in [6, 6.07) is 10.9. The Bertz CT molecular complexity index is 1450. The Hall–Kier alpha value is -3.66. The summed E-state index contributed by atoms with van der Waals surface area (Å²) in [7, 11) is 0. The predicted octanol–water partition coefficient (Wildman–Crippen LogP) is 4.78. The van der Waals surface area contributed by atoms with Crippen LogP contribution in [-0.2, 0) is 11.3 Å². The second-order valence-corrected chi connectivity index (χ2v) is 9.38. The third-order valence-corrected chi connectivity index (χ3v) is 6.95. The van der Waals surface area contributed by atoms with Gasteiger partial charge in [-0.1, -0.05) is 12.1 Å². The first-order valence-electron chi connectivity index (χ1n) is 11.1. The molecular weight excluding hydrogens is 477 g/mol. The van der Waals surface area contributed by atoms with Crippen LogP contribution in [0.25, 0.3) is 10.2 Å². The Balaban J connectivity index is 1.43. The maximum absolute atomic E-state index is 13.5. The Morgan fingerprint density at radius 3 is 2.66 bits per heavy atom. The van der Waals surface area contributed by atoms with Crippen LogP contribution >= 0.6 is 11.3 Å². The molecule has 2 aromatic carbocycles. The van der Waals surface area contributed by atoms with Crippen molar-refractivity contribution < 1.29 is 18.0 Å². The lowest BCUT2D eigenvalue weighted by atomic mass is 9.97. The van der Waals surface area contributed by atoms with Gasteiger partial charge in [-0.3, -0.25) is 14.2 Å². The fourth-order valence-corrected chi connectivity index (χ4v) is 5.06. The standard InChI is InChI=1S/C25H21F3N4O2S/c26-17-5-3-15(4-6-17)13-32-24(34)22-21(9-11-35-22)30-25(32)31-10-1-2-16(14-31)23(33)29-18-7-8-19(27)20(28)12-18/h3-9,11-12,16H,1-2,10,13-14H2,(H,29,33)/t16-/m0/s1. The molecule has 4 aromatic rings. The number of aromatic nitrogens is 2. The second kappa shape index (κ2) is 9.53. The summed E-state index contributed by atoms with van der Waals surface area (Å²) in [4.78, 5) is 32.9. The van der Waals surface area contributed by atoms with Crippen molar-refractivity contribution in [3.63, 3.8) is 0 Å². The highest BCUT2D eigenvalue weighted by atomic mass is 32.1. The number of hydrogen-bond acceptors (Lipinski definition) is 5. The van der Waals surface area contributed by atoms with Gasteiger partial charge in [0.2, 0.25) is 11.9 Å². The largest absolute Gasteiger partial charge is 0.341 e. The van der Waals surface area contributed by atoms with Gasteiger partial charge in [-0.05, 0) is 54.1 Å². The Labute approximate surface area is 202 Å². The molecule has 1 aliphatic rings. The number of carbonyl (C=O) groups is 1. The SMILES string of the molecule is O=C(Nc1ccc(F)c(F)c1)[C@H]1CCCN(c2nc3ccsc3c(=O)n2Cc2ccc(F)cc2)C1. The van der Waals surface area contributed by atoms with Gasteiger partial charge in [0, 0.05) is 24.8 Å². The zero-order chi connectivity index (χ0) is 24.5. The van der Waals surface area contributed by atoms with E-state index >= 15 is 0 Å². The van der Waals surface area contributed by atoms with Crippen molar-refractivity contribution >= 4 is 39.1 Å². The number of hydrogen-bond donors (Lipinski definition) is 1. The fourth-order valence-electron chi connectivity index (χ4n) is 4.28. The molecule has 1 aliphatic heterocycles. The Kier molecular flexibility index (Phi) is 6.29. The summed E-state index contributed by atoms with van der Waals surface area (Å²) in [5, 5.41) is 4.46. The molecule has 0 radical (unpaired) electrons. The highest BCUT2D eigenvalue weighted by Gasteiger charge is 2.29. The number of thiophene rings is 1. The molecule has 35 heavy (non-hydrogen) atoms. The van der Waals surface area contributed by atoms with E-state index < -0.39 is 17.6 Å². The first-order valence-corrected chi connectivity index (χ1v) is 12.0. The van der Waals surface area contributed by atoms with Crippen LogP contribution < -0.4 is 15.8 Å². The molecule has 5 rings (SSSR count). The topological polar surface area (TPSA) is 67.2 Å². The minimum absolute atomic E-state index is 0.178. The number of nitrogens with one attached hydrogen (secondary N) is 1. The Morgan fingerprint density at radius 2 is 1.89 bits per heavy atom. The third kappa shape index (κ3) is 4.79. The summed E-state index contributed by atoms with van der Waals surface area (Å²) in [6.45, 7) is 1.11. The molecule has 1 saturated heterocycles. The molecule has 180 valence electrons. The normalized spacial score (nSPS) is 16.0. The van der Waals surface area contributed by atoms with Gasteiger partial charge in [-0.15, -0.1) is 11.3 Å². The maximum Gasteiger partial charge on any atom is 0.273 e. The summed E-state index contributed by atoms with van der Waals surface area (Å²) in [5.41, 5.74) is 1.31. The molecule has 0 spiro atoms. The molecule has 0 unspecified atom stereocenters. The van der Waals surface area contributed by atoms with Crippen LogP contribution in [0, 0.1) is 23.4 Å². The molecule has 6 nitrogen and oxygen atoms in total. The zero-order valence-corrected chi connectivity index (χ0v) is 19.3. The van der Waals surface area contributed by atoms with Crippen LogP contribution in [0.5, 0.6) is 0 Å². The van der Waals surface area contributed by atoms with Crippen LogP contribution in [0.3, 0.4) is 0 Å². The Morgan fingerprint density at radius 1 is 1.09 bits per heavy atom. The molecule has 1 atom stereocenters. The number of nitrogens with zero attached hydrogens (tertiary/aromatic N) is 3. The average molecular weight is 499 g/mol. The van der Waals surface area contributed by atoms with Gasteiger partial charge in [0.25, 0.3) is 5.56 Å². The molecule has 1 N–H and O–H groups in total. The van der Waals surface area contributed by atoms with E-state index in [1.54, 1.807) is 28.1 Å². The van der Waals surface area contributed by atoms with Crippen molar-refractivity contribution in [2.75, 3.05) is 23.3 Å². The number of fused-ring (bicyclic) bond motifs is 1. The van der Waals surface area contributed by atoms with E-state index in [0.29, 0.717) is 42.1 Å². The van der Waals surface area contributed by atoms with Gasteiger partial charge in [0.05, 0.1) is 18.0 Å². The molecule has 2 aromatic heterocycles. The van der Waals surface area contributed by atoms with Crippen molar-refractivity contribution in [3.8, 4) is 0 Å². The van der Waals surface area contributed by atoms with E-state index in [4.69, 9.17) is 4.98 Å². The van der Waals surface area contributed by atoms with Crippen molar-refractivity contribution in [3.05, 3.63) is 87.3 Å². The van der Waals surface area contributed by atoms with Crippen LogP contribution in [0.1, 0.15) is 18.4 Å². The molecular formula is C25H21F3N4O2S. The van der Waals surface area contributed by atoms with Gasteiger partial charge in [-0.25, -0.2) is 18.2 Å². The number of carbonyl (C=O) groups excluding carboxylic acids is 1. The third-order valence-electron chi connectivity index (χ3n) is 6.06. The number of halogens is 3. The monoisotopic (exact) mass is 498 g/mol. The maximum atomic E-state index is 13.5. The van der Waals surface area contributed by atoms with Crippen LogP contribution in [0.4, 0.5) is 24.8 Å². The minimum Gasteiger partial charge on any atom is -0.341 e. The second-order valence-electron chi connectivity index (χ2n) is 8.47. The van der Waals surface area contributed by atoms with E-state index in [-0.39, 0.29) is 29.5 Å². The highest BCUT2D eigenvalue weighted by Crippen LogP contribution is 2.26. The number of rotatable bonds is 5. The lowest BCUT2D eigenvalue weighted by Gasteiger charge is -2.34. The van der Waals surface area contributed by atoms with Gasteiger partial charge in [0.1, 0.15) is 10.5 Å². The van der Waals surface area contributed by atoms with E-state index in [1.807, 2.05) is 4.90 Å². The van der Waals surface area contributed by atoms with Crippen LogP contribution in [0.2, 0.25) is 0 Å². The van der Waals surface area contributed by atoms with Crippen molar-refractivity contribution in [1.29, 1.82) is 0 Å². The van der Waals surface area contributed by atoms with Gasteiger partial charge in [0.15, 0.2) is 11.6 Å². The molecule has 0 aliphatic carbocycles. The summed E-state index contributed by atoms with van der Waals surface area (Å²) < 4.78 is 42.2. The van der Waals surface area contributed by atoms with Crippen LogP contribution in [-0.4, -0.2) is 28.5 Å². The fraction of sp³-hybridized carbons (Fsp3) is 0.240. The lowest BCUT2D eigenvalue weighted by molar-refractivity contribution is -0.120. The van der Waals surface area contributed by atoms with Gasteiger partial charge < -0.3 is 10.2 Å². The minimum atomic E-state index is -1.04. The average Bonchev–Trinajstić information content (AvgIpc) is 3.33. The van der Waals surface area contributed by atoms with Crippen molar-refractivity contribution in [2.45, 2.75) is 19.4 Å². The van der Waals surface area contributed by atoms with Gasteiger partial charge in [-0.2, -0.15) is 0 Å². The quantitative estimate of drug-likeness (QED) is 0.430. The molecule has 0 bridgehead atoms. The van der Waals surface area contributed by atoms with Crippen molar-refractivity contribution in [1.82, 2.24) is 9.55 Å². The zero-order valence-electron chi connectivity index (χ0n) is 18.5.